The van der Waals surface area contributed by atoms with E-state index >= 15 is 0 Å². The first-order valence-corrected chi connectivity index (χ1v) is 10.2. The van der Waals surface area contributed by atoms with E-state index in [1.165, 1.54) is 0 Å². The van der Waals surface area contributed by atoms with Crippen molar-refractivity contribution in [2.75, 3.05) is 51.8 Å². The topological polar surface area (TPSA) is 104 Å². The second kappa shape index (κ2) is 10.2. The van der Waals surface area contributed by atoms with Crippen molar-refractivity contribution in [1.82, 2.24) is 20.0 Å². The maximum absolute atomic E-state index is 12.7. The van der Waals surface area contributed by atoms with Crippen molar-refractivity contribution in [2.24, 2.45) is 12.0 Å². The zero-order chi connectivity index (χ0) is 22.4. The van der Waals surface area contributed by atoms with Gasteiger partial charge in [-0.1, -0.05) is 0 Å². The third-order valence-electron chi connectivity index (χ3n) is 5.03. The molecule has 1 saturated heterocycles. The maximum atomic E-state index is 12.7. The molecule has 0 aliphatic carbocycles. The van der Waals surface area contributed by atoms with Crippen molar-refractivity contribution in [2.45, 2.75) is 13.0 Å². The molecule has 1 fully saturated rings. The lowest BCUT2D eigenvalue weighted by Gasteiger charge is -2.35. The summed E-state index contributed by atoms with van der Waals surface area (Å²) in [6.45, 7) is 4.10. The van der Waals surface area contributed by atoms with Gasteiger partial charge in [-0.25, -0.2) is 0 Å². The number of hydrogen-bond acceptors (Lipinski definition) is 6. The van der Waals surface area contributed by atoms with Crippen LogP contribution in [0, 0.1) is 0 Å². The van der Waals surface area contributed by atoms with Crippen LogP contribution >= 0.6 is 0 Å². The molecule has 3 rings (SSSR count). The highest BCUT2D eigenvalue weighted by atomic mass is 16.5. The van der Waals surface area contributed by atoms with Crippen LogP contribution in [0.5, 0.6) is 11.5 Å². The smallest absolute Gasteiger partial charge is 0.246 e. The fourth-order valence-electron chi connectivity index (χ4n) is 3.40. The summed E-state index contributed by atoms with van der Waals surface area (Å²) in [4.78, 5) is 20.9. The van der Waals surface area contributed by atoms with Gasteiger partial charge in [0.25, 0.3) is 0 Å². The summed E-state index contributed by atoms with van der Waals surface area (Å²) in [5, 5.41) is 18.0. The quantitative estimate of drug-likeness (QED) is 0.494. The van der Waals surface area contributed by atoms with Gasteiger partial charge in [0.1, 0.15) is 18.0 Å². The molecular formula is C21H30N6O4. The van der Waals surface area contributed by atoms with Gasteiger partial charge in [-0.05, 0) is 24.6 Å². The normalized spacial score (nSPS) is 15.8. The number of anilines is 1. The number of aryl methyl sites for hydroxylation is 1. The zero-order valence-electron chi connectivity index (χ0n) is 18.4. The van der Waals surface area contributed by atoms with Crippen molar-refractivity contribution in [3.8, 4) is 11.5 Å². The molecular weight excluding hydrogens is 400 g/mol. The Labute approximate surface area is 182 Å². The second-order valence-electron chi connectivity index (χ2n) is 7.20. The fourth-order valence-corrected chi connectivity index (χ4v) is 3.40. The fraction of sp³-hybridized carbons (Fsp3) is 0.476. The molecule has 0 spiro atoms. The molecule has 10 heteroatoms. The molecule has 10 nitrogen and oxygen atoms in total. The number of aliphatic hydroxyl groups excluding tert-OH is 1. The number of benzene rings is 1. The van der Waals surface area contributed by atoms with Crippen LogP contribution in [-0.2, 0) is 11.8 Å². The summed E-state index contributed by atoms with van der Waals surface area (Å²) in [6, 6.07) is 5.26. The van der Waals surface area contributed by atoms with E-state index in [-0.39, 0.29) is 19.0 Å². The molecule has 0 saturated carbocycles. The minimum Gasteiger partial charge on any atom is -0.497 e. The molecule has 0 bridgehead atoms. The predicted molar refractivity (Wildman–Crippen MR) is 118 cm³/mol. The van der Waals surface area contributed by atoms with E-state index in [1.54, 1.807) is 48.2 Å². The molecule has 2 aromatic rings. The number of hydrogen-bond donors (Lipinski definition) is 2. The van der Waals surface area contributed by atoms with Crippen LogP contribution in [-0.4, -0.2) is 78.6 Å². The number of nitrogens with one attached hydrogen (secondary N) is 1. The van der Waals surface area contributed by atoms with Crippen LogP contribution in [0.2, 0.25) is 0 Å². The van der Waals surface area contributed by atoms with Gasteiger partial charge >= 0.3 is 0 Å². The summed E-state index contributed by atoms with van der Waals surface area (Å²) in [7, 11) is 4.95. The molecule has 1 aliphatic rings. The molecule has 1 unspecified atom stereocenters. The minimum absolute atomic E-state index is 0.0251. The molecule has 1 amide bonds. The van der Waals surface area contributed by atoms with E-state index in [4.69, 9.17) is 9.47 Å². The zero-order valence-corrected chi connectivity index (χ0v) is 18.4. The first-order chi connectivity index (χ1) is 14.9. The first-order valence-electron chi connectivity index (χ1n) is 10.2. The van der Waals surface area contributed by atoms with E-state index in [9.17, 15) is 9.90 Å². The van der Waals surface area contributed by atoms with Crippen LogP contribution in [0.4, 0.5) is 5.69 Å². The Morgan fingerprint density at radius 3 is 2.52 bits per heavy atom. The summed E-state index contributed by atoms with van der Waals surface area (Å²) < 4.78 is 12.2. The molecule has 0 radical (unpaired) electrons. The van der Waals surface area contributed by atoms with Crippen molar-refractivity contribution >= 4 is 17.6 Å². The minimum atomic E-state index is -0.843. The molecule has 2 heterocycles. The second-order valence-corrected chi connectivity index (χ2v) is 7.20. The van der Waals surface area contributed by atoms with Crippen LogP contribution < -0.4 is 19.7 Å². The van der Waals surface area contributed by atoms with E-state index < -0.39 is 6.10 Å². The number of nitrogens with zero attached hydrogens (tertiary/aromatic N) is 5. The molecule has 1 aliphatic heterocycles. The number of carbonyl (C=O) groups excluding carboxylic acids is 1. The Kier molecular flexibility index (Phi) is 7.35. The summed E-state index contributed by atoms with van der Waals surface area (Å²) in [5.74, 6) is 1.77. The Morgan fingerprint density at radius 1 is 1.26 bits per heavy atom. The standard InChI is InChI=1S/C21H30N6O4/c1-5-22-21(23-12-19(28)15-8-17(30-3)10-18(9-15)31-4)26-6-7-27(20(29)14-26)16-11-24-25(2)13-16/h8-11,13,19,28H,5-7,12,14H2,1-4H3,(H,22,23). The molecule has 1 aromatic carbocycles. The van der Waals surface area contributed by atoms with Gasteiger partial charge in [0, 0.05) is 38.9 Å². The van der Waals surface area contributed by atoms with Crippen molar-refractivity contribution < 1.29 is 19.4 Å². The van der Waals surface area contributed by atoms with Gasteiger partial charge in [0.05, 0.1) is 38.8 Å². The Balaban J connectivity index is 1.70. The van der Waals surface area contributed by atoms with Crippen LogP contribution in [0.15, 0.2) is 35.6 Å². The lowest BCUT2D eigenvalue weighted by molar-refractivity contribution is -0.120. The molecule has 31 heavy (non-hydrogen) atoms. The third-order valence-corrected chi connectivity index (χ3v) is 5.03. The Morgan fingerprint density at radius 2 is 1.97 bits per heavy atom. The first kappa shape index (κ1) is 22.4. The maximum Gasteiger partial charge on any atom is 0.246 e. The third kappa shape index (κ3) is 5.46. The number of guanidine groups is 1. The number of carbonyl (C=O) groups is 1. The SMILES string of the molecule is CCNC(=NCC(O)c1cc(OC)cc(OC)c1)N1CCN(c2cnn(C)c2)C(=O)C1. The number of aliphatic imine (C=N–C) groups is 1. The highest BCUT2D eigenvalue weighted by molar-refractivity contribution is 5.98. The molecule has 1 atom stereocenters. The van der Waals surface area contributed by atoms with Crippen LogP contribution in [0.25, 0.3) is 0 Å². The van der Waals surface area contributed by atoms with Gasteiger partial charge in [-0.3, -0.25) is 14.5 Å². The van der Waals surface area contributed by atoms with Crippen molar-refractivity contribution in [3.63, 3.8) is 0 Å². The van der Waals surface area contributed by atoms with Crippen molar-refractivity contribution in [3.05, 3.63) is 36.2 Å². The van der Waals surface area contributed by atoms with E-state index in [0.29, 0.717) is 42.7 Å². The van der Waals surface area contributed by atoms with E-state index in [0.717, 1.165) is 5.69 Å². The summed E-state index contributed by atoms with van der Waals surface area (Å²) in [6.07, 6.45) is 2.67. The largest absolute Gasteiger partial charge is 0.497 e. The average Bonchev–Trinajstić information content (AvgIpc) is 3.21. The molecule has 168 valence electrons. The number of rotatable bonds is 7. The average molecular weight is 431 g/mol. The number of amides is 1. The van der Waals surface area contributed by atoms with Gasteiger partial charge in [0.15, 0.2) is 5.96 Å². The monoisotopic (exact) mass is 430 g/mol. The number of ether oxygens (including phenoxy) is 2. The van der Waals surface area contributed by atoms with E-state index in [2.05, 4.69) is 15.4 Å². The van der Waals surface area contributed by atoms with E-state index in [1.807, 2.05) is 25.1 Å². The number of aromatic nitrogens is 2. The highest BCUT2D eigenvalue weighted by Gasteiger charge is 2.27. The Bertz CT molecular complexity index is 906. The number of piperazine rings is 1. The summed E-state index contributed by atoms with van der Waals surface area (Å²) in [5.41, 5.74) is 1.43. The number of methoxy groups -OCH3 is 2. The summed E-state index contributed by atoms with van der Waals surface area (Å²) >= 11 is 0. The predicted octanol–water partition coefficient (Wildman–Crippen LogP) is 0.785. The van der Waals surface area contributed by atoms with Crippen LogP contribution in [0.3, 0.4) is 0 Å². The lowest BCUT2D eigenvalue weighted by Crippen LogP contribution is -2.55. The lowest BCUT2D eigenvalue weighted by atomic mass is 10.1. The molecule has 1 aromatic heterocycles. The highest BCUT2D eigenvalue weighted by Crippen LogP contribution is 2.26. The van der Waals surface area contributed by atoms with Crippen molar-refractivity contribution in [1.29, 1.82) is 0 Å². The van der Waals surface area contributed by atoms with Gasteiger partial charge in [-0.2, -0.15) is 5.10 Å². The number of aliphatic hydroxyl groups is 1. The molecule has 2 N–H and O–H groups in total. The van der Waals surface area contributed by atoms with Crippen LogP contribution in [0.1, 0.15) is 18.6 Å². The van der Waals surface area contributed by atoms with Gasteiger partial charge in [-0.15, -0.1) is 0 Å². The Hall–Kier alpha value is -3.27. The van der Waals surface area contributed by atoms with Gasteiger partial charge in [0.2, 0.25) is 5.91 Å². The van der Waals surface area contributed by atoms with Gasteiger partial charge < -0.3 is 29.7 Å².